The molecule has 0 unspecified atom stereocenters. The molecule has 2 aromatic rings. The summed E-state index contributed by atoms with van der Waals surface area (Å²) in [6.45, 7) is 4.77. The minimum absolute atomic E-state index is 0.0743. The predicted octanol–water partition coefficient (Wildman–Crippen LogP) is 4.39. The normalized spacial score (nSPS) is 11.5. The van der Waals surface area contributed by atoms with Crippen LogP contribution in [0.1, 0.15) is 30.9 Å². The number of carbonyl (C=O) groups is 1. The van der Waals surface area contributed by atoms with Gasteiger partial charge in [0.15, 0.2) is 0 Å². The van der Waals surface area contributed by atoms with E-state index in [1.807, 2.05) is 55.5 Å². The van der Waals surface area contributed by atoms with Gasteiger partial charge in [-0.15, -0.1) is 0 Å². The van der Waals surface area contributed by atoms with Crippen LogP contribution in [-0.2, 0) is 4.79 Å². The van der Waals surface area contributed by atoms with Gasteiger partial charge in [-0.2, -0.15) is 5.10 Å². The Morgan fingerprint density at radius 2 is 1.92 bits per heavy atom. The van der Waals surface area contributed by atoms with Crippen molar-refractivity contribution in [3.05, 3.63) is 71.3 Å². The highest BCUT2D eigenvalue weighted by Gasteiger charge is 1.99. The number of allylic oxidation sites excluding steroid dienone is 1. The first-order chi connectivity index (χ1) is 12.1. The van der Waals surface area contributed by atoms with Crippen LogP contribution in [0, 0.1) is 6.92 Å². The molecule has 0 fully saturated rings. The van der Waals surface area contributed by atoms with Gasteiger partial charge in [0.1, 0.15) is 0 Å². The molecule has 0 spiro atoms. The molecule has 130 valence electrons. The molecule has 0 aliphatic rings. The topological polar surface area (TPSA) is 53.5 Å². The highest BCUT2D eigenvalue weighted by molar-refractivity contribution is 5.86. The number of hydrazone groups is 1. The van der Waals surface area contributed by atoms with E-state index in [-0.39, 0.29) is 5.91 Å². The fourth-order valence-corrected chi connectivity index (χ4v) is 2.35. The van der Waals surface area contributed by atoms with E-state index in [0.717, 1.165) is 29.8 Å². The molecular weight excluding hydrogens is 310 g/mol. The third-order valence-electron chi connectivity index (χ3n) is 3.58. The van der Waals surface area contributed by atoms with Gasteiger partial charge >= 0.3 is 0 Å². The van der Waals surface area contributed by atoms with E-state index >= 15 is 0 Å². The van der Waals surface area contributed by atoms with Crippen molar-refractivity contribution in [2.24, 2.45) is 5.10 Å². The average Bonchev–Trinajstić information content (AvgIpc) is 2.60. The molecule has 2 aromatic carbocycles. The van der Waals surface area contributed by atoms with E-state index in [1.54, 1.807) is 6.21 Å². The van der Waals surface area contributed by atoms with Crippen molar-refractivity contribution in [3.8, 4) is 0 Å². The lowest BCUT2D eigenvalue weighted by Gasteiger charge is -2.06. The van der Waals surface area contributed by atoms with Gasteiger partial charge in [0.05, 0.1) is 6.21 Å². The summed E-state index contributed by atoms with van der Waals surface area (Å²) in [5, 5.41) is 7.32. The Hall–Kier alpha value is -2.88. The molecule has 0 saturated heterocycles. The van der Waals surface area contributed by atoms with Crippen molar-refractivity contribution in [2.45, 2.75) is 26.7 Å². The third-order valence-corrected chi connectivity index (χ3v) is 3.58. The summed E-state index contributed by atoms with van der Waals surface area (Å²) in [6.07, 6.45) is 4.88. The number of aryl methyl sites for hydroxylation is 1. The van der Waals surface area contributed by atoms with Crippen molar-refractivity contribution < 1.29 is 4.79 Å². The van der Waals surface area contributed by atoms with E-state index in [4.69, 9.17) is 0 Å². The molecule has 25 heavy (non-hydrogen) atoms. The Kier molecular flexibility index (Phi) is 7.44. The van der Waals surface area contributed by atoms with Crippen molar-refractivity contribution in [1.29, 1.82) is 0 Å². The van der Waals surface area contributed by atoms with Crippen molar-refractivity contribution in [2.75, 3.05) is 11.9 Å². The molecule has 0 heterocycles. The summed E-state index contributed by atoms with van der Waals surface area (Å²) < 4.78 is 0. The summed E-state index contributed by atoms with van der Waals surface area (Å²) in [7, 11) is 0. The first-order valence-corrected chi connectivity index (χ1v) is 8.49. The number of amides is 1. The number of benzene rings is 2. The summed E-state index contributed by atoms with van der Waals surface area (Å²) in [6, 6.07) is 18.2. The fourth-order valence-electron chi connectivity index (χ4n) is 2.35. The van der Waals surface area contributed by atoms with Crippen molar-refractivity contribution >= 4 is 23.9 Å². The SMILES string of the molecule is CC(/C=N\NC(=O)CCCNc1cccc(C)c1)=C\c1ccccc1. The van der Waals surface area contributed by atoms with Crippen LogP contribution in [0.25, 0.3) is 6.08 Å². The van der Waals surface area contributed by atoms with Crippen molar-refractivity contribution in [3.63, 3.8) is 0 Å². The second-order valence-corrected chi connectivity index (χ2v) is 5.99. The maximum Gasteiger partial charge on any atom is 0.240 e. The number of anilines is 1. The Balaban J connectivity index is 1.66. The molecule has 0 atom stereocenters. The molecule has 2 N–H and O–H groups in total. The van der Waals surface area contributed by atoms with E-state index in [2.05, 4.69) is 34.9 Å². The average molecular weight is 335 g/mol. The summed E-state index contributed by atoms with van der Waals surface area (Å²) in [5.74, 6) is -0.0743. The molecular formula is C21H25N3O. The first kappa shape index (κ1) is 18.5. The van der Waals surface area contributed by atoms with Crippen molar-refractivity contribution in [1.82, 2.24) is 5.43 Å². The van der Waals surface area contributed by atoms with E-state index < -0.39 is 0 Å². The minimum atomic E-state index is -0.0743. The smallest absolute Gasteiger partial charge is 0.240 e. The van der Waals surface area contributed by atoms with Crippen LogP contribution in [0.3, 0.4) is 0 Å². The summed E-state index contributed by atoms with van der Waals surface area (Å²) in [5.41, 5.74) is 6.96. The predicted molar refractivity (Wildman–Crippen MR) is 106 cm³/mol. The van der Waals surface area contributed by atoms with E-state index in [0.29, 0.717) is 6.42 Å². The van der Waals surface area contributed by atoms with Crippen LogP contribution in [0.15, 0.2) is 65.3 Å². The highest BCUT2D eigenvalue weighted by Crippen LogP contribution is 2.09. The standard InChI is InChI=1S/C21H25N3O/c1-17-8-6-11-20(15-17)22-13-7-12-21(25)24-23-16-18(2)14-19-9-4-3-5-10-19/h3-6,8-11,14-16,22H,7,12-13H2,1-2H3,(H,24,25)/b18-14+,23-16-. The Bertz CT molecular complexity index is 736. The number of rotatable bonds is 8. The number of carbonyl (C=O) groups excluding carboxylic acids is 1. The zero-order valence-electron chi connectivity index (χ0n) is 14.8. The Morgan fingerprint density at radius 3 is 2.68 bits per heavy atom. The van der Waals surface area contributed by atoms with Crippen LogP contribution in [0.4, 0.5) is 5.69 Å². The first-order valence-electron chi connectivity index (χ1n) is 8.49. The monoisotopic (exact) mass is 335 g/mol. The second kappa shape index (κ2) is 10.1. The summed E-state index contributed by atoms with van der Waals surface area (Å²) in [4.78, 5) is 11.8. The lowest BCUT2D eigenvalue weighted by molar-refractivity contribution is -0.121. The molecule has 0 aliphatic carbocycles. The molecule has 2 rings (SSSR count). The largest absolute Gasteiger partial charge is 0.385 e. The maximum atomic E-state index is 11.8. The Labute approximate surface area is 149 Å². The highest BCUT2D eigenvalue weighted by atomic mass is 16.2. The van der Waals surface area contributed by atoms with Gasteiger partial charge in [0.2, 0.25) is 5.91 Å². The molecule has 4 heteroatoms. The molecule has 0 aromatic heterocycles. The van der Waals surface area contributed by atoms with Gasteiger partial charge in [-0.25, -0.2) is 5.43 Å². The van der Waals surface area contributed by atoms with E-state index in [1.165, 1.54) is 5.56 Å². The number of hydrogen-bond donors (Lipinski definition) is 2. The lowest BCUT2D eigenvalue weighted by Crippen LogP contribution is -2.18. The van der Waals surface area contributed by atoms with Gasteiger partial charge < -0.3 is 5.32 Å². The minimum Gasteiger partial charge on any atom is -0.385 e. The molecule has 1 amide bonds. The number of nitrogens with zero attached hydrogens (tertiary/aromatic N) is 1. The van der Waals surface area contributed by atoms with Crippen LogP contribution in [0.2, 0.25) is 0 Å². The third kappa shape index (κ3) is 7.48. The molecule has 0 aliphatic heterocycles. The van der Waals surface area contributed by atoms with Gasteiger partial charge in [-0.3, -0.25) is 4.79 Å². The zero-order valence-corrected chi connectivity index (χ0v) is 14.8. The maximum absolute atomic E-state index is 11.8. The second-order valence-electron chi connectivity index (χ2n) is 5.99. The van der Waals surface area contributed by atoms with Gasteiger partial charge in [0.25, 0.3) is 0 Å². The quantitative estimate of drug-likeness (QED) is 0.427. The molecule has 0 radical (unpaired) electrons. The lowest BCUT2D eigenvalue weighted by atomic mass is 10.1. The zero-order chi connectivity index (χ0) is 17.9. The van der Waals surface area contributed by atoms with Crippen LogP contribution in [0.5, 0.6) is 0 Å². The number of nitrogens with one attached hydrogen (secondary N) is 2. The van der Waals surface area contributed by atoms with Gasteiger partial charge in [-0.05, 0) is 49.1 Å². The van der Waals surface area contributed by atoms with Crippen LogP contribution >= 0.6 is 0 Å². The summed E-state index contributed by atoms with van der Waals surface area (Å²) >= 11 is 0. The van der Waals surface area contributed by atoms with Gasteiger partial charge in [-0.1, -0.05) is 48.5 Å². The molecule has 4 nitrogen and oxygen atoms in total. The van der Waals surface area contributed by atoms with Crippen LogP contribution < -0.4 is 10.7 Å². The molecule has 0 bridgehead atoms. The van der Waals surface area contributed by atoms with E-state index in [9.17, 15) is 4.79 Å². The molecule has 0 saturated carbocycles. The Morgan fingerprint density at radius 1 is 1.12 bits per heavy atom. The van der Waals surface area contributed by atoms with Crippen LogP contribution in [-0.4, -0.2) is 18.7 Å². The number of hydrogen-bond acceptors (Lipinski definition) is 3. The fraction of sp³-hybridized carbons (Fsp3) is 0.238. The van der Waals surface area contributed by atoms with Gasteiger partial charge in [0, 0.05) is 18.7 Å².